The molecule has 0 aliphatic heterocycles. The molecule has 0 spiro atoms. The minimum absolute atomic E-state index is 0.0360. The zero-order valence-corrected chi connectivity index (χ0v) is 23.7. The van der Waals surface area contributed by atoms with E-state index in [4.69, 9.17) is 0 Å². The molecular formula is C26H36BrN3O4S. The molecule has 192 valence electrons. The molecule has 2 amide bonds. The molecule has 9 heteroatoms. The Kier molecular flexibility index (Phi) is 10.3. The smallest absolute Gasteiger partial charge is 0.244 e. The average Bonchev–Trinajstić information content (AvgIpc) is 2.79. The molecule has 35 heavy (non-hydrogen) atoms. The first-order valence-electron chi connectivity index (χ1n) is 11.8. The molecule has 0 saturated heterocycles. The number of benzene rings is 2. The van der Waals surface area contributed by atoms with Crippen molar-refractivity contribution in [2.75, 3.05) is 17.1 Å². The summed E-state index contributed by atoms with van der Waals surface area (Å²) in [6.07, 6.45) is 2.24. The van der Waals surface area contributed by atoms with E-state index in [1.54, 1.807) is 18.2 Å². The largest absolute Gasteiger partial charge is 0.352 e. The molecule has 7 nitrogen and oxygen atoms in total. The number of carbonyl (C=O) groups is 2. The van der Waals surface area contributed by atoms with Crippen LogP contribution in [0.25, 0.3) is 0 Å². The van der Waals surface area contributed by atoms with Crippen molar-refractivity contribution in [3.8, 4) is 0 Å². The lowest BCUT2D eigenvalue weighted by Gasteiger charge is -2.33. The quantitative estimate of drug-likeness (QED) is 0.433. The van der Waals surface area contributed by atoms with Crippen molar-refractivity contribution in [2.45, 2.75) is 66.1 Å². The molecule has 0 aromatic heterocycles. The molecule has 0 aliphatic carbocycles. The fourth-order valence-corrected chi connectivity index (χ4v) is 4.74. The monoisotopic (exact) mass is 565 g/mol. The van der Waals surface area contributed by atoms with Crippen LogP contribution in [0.3, 0.4) is 0 Å². The van der Waals surface area contributed by atoms with Crippen LogP contribution in [-0.4, -0.2) is 50.0 Å². The predicted molar refractivity (Wildman–Crippen MR) is 145 cm³/mol. The third kappa shape index (κ3) is 8.07. The maximum absolute atomic E-state index is 13.7. The number of nitrogens with one attached hydrogen (secondary N) is 1. The Labute approximate surface area is 218 Å². The Morgan fingerprint density at radius 3 is 2.17 bits per heavy atom. The molecule has 0 aliphatic rings. The first-order chi connectivity index (χ1) is 16.4. The van der Waals surface area contributed by atoms with Crippen LogP contribution < -0.4 is 9.62 Å². The summed E-state index contributed by atoms with van der Waals surface area (Å²) >= 11 is 3.43. The van der Waals surface area contributed by atoms with Gasteiger partial charge in [-0.2, -0.15) is 0 Å². The number of hydrogen-bond donors (Lipinski definition) is 1. The number of rotatable bonds is 11. The van der Waals surface area contributed by atoms with Gasteiger partial charge in [-0.05, 0) is 62.9 Å². The fraction of sp³-hybridized carbons (Fsp3) is 0.462. The van der Waals surface area contributed by atoms with Crippen LogP contribution >= 0.6 is 15.9 Å². The van der Waals surface area contributed by atoms with Crippen LogP contribution in [0.15, 0.2) is 46.9 Å². The van der Waals surface area contributed by atoms with Gasteiger partial charge >= 0.3 is 0 Å². The van der Waals surface area contributed by atoms with Crippen LogP contribution in [0.4, 0.5) is 5.69 Å². The number of aryl methyl sites for hydroxylation is 2. The summed E-state index contributed by atoms with van der Waals surface area (Å²) in [5.41, 5.74) is 3.19. The van der Waals surface area contributed by atoms with Gasteiger partial charge in [0.1, 0.15) is 12.6 Å². The fourth-order valence-electron chi connectivity index (χ4n) is 3.65. The van der Waals surface area contributed by atoms with E-state index in [-0.39, 0.29) is 18.5 Å². The summed E-state index contributed by atoms with van der Waals surface area (Å²) in [7, 11) is -3.76. The van der Waals surface area contributed by atoms with E-state index >= 15 is 0 Å². The van der Waals surface area contributed by atoms with Crippen molar-refractivity contribution in [3.63, 3.8) is 0 Å². The van der Waals surface area contributed by atoms with E-state index in [1.165, 1.54) is 4.90 Å². The summed E-state index contributed by atoms with van der Waals surface area (Å²) in [6.45, 7) is 9.37. The Morgan fingerprint density at radius 2 is 1.66 bits per heavy atom. The molecule has 0 bridgehead atoms. The molecule has 0 fully saturated rings. The number of carbonyl (C=O) groups excluding carboxylic acids is 2. The molecule has 1 N–H and O–H groups in total. The summed E-state index contributed by atoms with van der Waals surface area (Å²) in [4.78, 5) is 28.3. The number of amides is 2. The van der Waals surface area contributed by atoms with Crippen molar-refractivity contribution < 1.29 is 18.0 Å². The van der Waals surface area contributed by atoms with Crippen LogP contribution in [0, 0.1) is 13.8 Å². The minimum atomic E-state index is -3.76. The summed E-state index contributed by atoms with van der Waals surface area (Å²) in [6, 6.07) is 12.1. The summed E-state index contributed by atoms with van der Waals surface area (Å²) < 4.78 is 27.3. The van der Waals surface area contributed by atoms with Crippen LogP contribution in [-0.2, 0) is 26.2 Å². The maximum atomic E-state index is 13.7. The number of halogens is 1. The van der Waals surface area contributed by atoms with Gasteiger partial charge in [0.15, 0.2) is 0 Å². The standard InChI is InChI=1S/C26H36BrN3O4S/c1-7-20(5)28-26(32)24(8-2)29(16-21-11-9-18(3)10-12-21)25(31)17-30(35(6,33)34)22-13-14-23(27)19(4)15-22/h9-15,20,24H,7-8,16-17H2,1-6H3,(H,28,32). The van der Waals surface area contributed by atoms with Crippen molar-refractivity contribution in [1.29, 1.82) is 0 Å². The van der Waals surface area contributed by atoms with Crippen molar-refractivity contribution >= 4 is 43.5 Å². The summed E-state index contributed by atoms with van der Waals surface area (Å²) in [5.74, 6) is -0.685. The number of anilines is 1. The molecule has 2 atom stereocenters. The van der Waals surface area contributed by atoms with Crippen molar-refractivity contribution in [1.82, 2.24) is 10.2 Å². The molecule has 0 saturated carbocycles. The van der Waals surface area contributed by atoms with E-state index in [1.807, 2.05) is 58.9 Å². The van der Waals surface area contributed by atoms with E-state index in [2.05, 4.69) is 21.2 Å². The maximum Gasteiger partial charge on any atom is 0.244 e. The molecule has 0 radical (unpaired) electrons. The lowest BCUT2D eigenvalue weighted by molar-refractivity contribution is -0.140. The zero-order valence-electron chi connectivity index (χ0n) is 21.3. The Balaban J connectivity index is 2.45. The van der Waals surface area contributed by atoms with Gasteiger partial charge in [0.25, 0.3) is 0 Å². The molecule has 2 unspecified atom stereocenters. The topological polar surface area (TPSA) is 86.8 Å². The third-order valence-corrected chi connectivity index (χ3v) is 8.00. The second-order valence-electron chi connectivity index (χ2n) is 8.95. The highest BCUT2D eigenvalue weighted by molar-refractivity contribution is 9.10. The first-order valence-corrected chi connectivity index (χ1v) is 14.4. The number of hydrogen-bond acceptors (Lipinski definition) is 4. The Hall–Kier alpha value is -2.39. The van der Waals surface area contributed by atoms with E-state index in [0.717, 1.165) is 38.1 Å². The molecule has 0 heterocycles. The van der Waals surface area contributed by atoms with Gasteiger partial charge in [-0.3, -0.25) is 13.9 Å². The van der Waals surface area contributed by atoms with Crippen LogP contribution in [0.1, 0.15) is 50.3 Å². The van der Waals surface area contributed by atoms with E-state index in [0.29, 0.717) is 12.1 Å². The lowest BCUT2D eigenvalue weighted by Crippen LogP contribution is -2.53. The van der Waals surface area contributed by atoms with Gasteiger partial charge in [-0.25, -0.2) is 8.42 Å². The van der Waals surface area contributed by atoms with Gasteiger partial charge in [0.2, 0.25) is 21.8 Å². The Morgan fingerprint density at radius 1 is 1.03 bits per heavy atom. The lowest BCUT2D eigenvalue weighted by atomic mass is 10.1. The molecule has 2 aromatic rings. The predicted octanol–water partition coefficient (Wildman–Crippen LogP) is 4.55. The molecule has 2 rings (SSSR count). The first kappa shape index (κ1) is 28.8. The average molecular weight is 567 g/mol. The van der Waals surface area contributed by atoms with Gasteiger partial charge in [-0.15, -0.1) is 0 Å². The van der Waals surface area contributed by atoms with Crippen LogP contribution in [0.2, 0.25) is 0 Å². The number of sulfonamides is 1. The second-order valence-corrected chi connectivity index (χ2v) is 11.7. The van der Waals surface area contributed by atoms with E-state index in [9.17, 15) is 18.0 Å². The van der Waals surface area contributed by atoms with Crippen LogP contribution in [0.5, 0.6) is 0 Å². The third-order valence-electron chi connectivity index (χ3n) is 5.97. The SMILES string of the molecule is CCC(C)NC(=O)C(CC)N(Cc1ccc(C)cc1)C(=O)CN(c1ccc(Br)c(C)c1)S(C)(=O)=O. The molecule has 2 aromatic carbocycles. The van der Waals surface area contributed by atoms with Gasteiger partial charge < -0.3 is 10.2 Å². The number of nitrogens with zero attached hydrogens (tertiary/aromatic N) is 2. The second kappa shape index (κ2) is 12.5. The van der Waals surface area contributed by atoms with Gasteiger partial charge in [0.05, 0.1) is 11.9 Å². The minimum Gasteiger partial charge on any atom is -0.352 e. The molecular weight excluding hydrogens is 530 g/mol. The normalized spacial score (nSPS) is 13.1. The van der Waals surface area contributed by atoms with Gasteiger partial charge in [-0.1, -0.05) is 59.6 Å². The zero-order chi connectivity index (χ0) is 26.3. The van der Waals surface area contributed by atoms with Crippen molar-refractivity contribution in [2.24, 2.45) is 0 Å². The highest BCUT2D eigenvalue weighted by Crippen LogP contribution is 2.25. The highest BCUT2D eigenvalue weighted by Gasteiger charge is 2.32. The Bertz CT molecular complexity index is 1140. The highest BCUT2D eigenvalue weighted by atomic mass is 79.9. The van der Waals surface area contributed by atoms with E-state index < -0.39 is 28.5 Å². The van der Waals surface area contributed by atoms with Crippen molar-refractivity contribution in [3.05, 3.63) is 63.6 Å². The van der Waals surface area contributed by atoms with Gasteiger partial charge in [0, 0.05) is 17.1 Å². The summed E-state index contributed by atoms with van der Waals surface area (Å²) in [5, 5.41) is 2.97.